The van der Waals surface area contributed by atoms with E-state index in [4.69, 9.17) is 9.47 Å². The minimum atomic E-state index is -0.449. The lowest BCUT2D eigenvalue weighted by Gasteiger charge is -2.15. The third kappa shape index (κ3) is 10.0. The summed E-state index contributed by atoms with van der Waals surface area (Å²) in [5, 5.41) is 3.31. The zero-order chi connectivity index (χ0) is 32.6. The highest BCUT2D eigenvalue weighted by Crippen LogP contribution is 2.26. The topological polar surface area (TPSA) is 99.5 Å². The van der Waals surface area contributed by atoms with Gasteiger partial charge in [0.15, 0.2) is 0 Å². The molecule has 0 aliphatic rings. The molecular weight excluding hydrogens is 578 g/mol. The van der Waals surface area contributed by atoms with Crippen LogP contribution in [-0.4, -0.2) is 35.1 Å². The largest absolute Gasteiger partial charge is 0.495 e. The quantitative estimate of drug-likeness (QED) is 0.0829. The van der Waals surface area contributed by atoms with Crippen LogP contribution < -0.4 is 15.6 Å². The Bertz CT molecular complexity index is 1620. The number of benzene rings is 3. The van der Waals surface area contributed by atoms with Crippen molar-refractivity contribution in [1.82, 2.24) is 9.55 Å². The van der Waals surface area contributed by atoms with E-state index >= 15 is 0 Å². The molecular formula is C38H47N3O5. The number of carbonyl (C=O) groups excluding carboxylic acids is 2. The Morgan fingerprint density at radius 2 is 1.41 bits per heavy atom. The van der Waals surface area contributed by atoms with Gasteiger partial charge in [-0.3, -0.25) is 14.2 Å². The smallest absolute Gasteiger partial charge is 0.338 e. The van der Waals surface area contributed by atoms with Crippen LogP contribution in [0, 0.1) is 0 Å². The maximum atomic E-state index is 13.5. The molecule has 1 aromatic heterocycles. The Balaban J connectivity index is 1.31. The molecule has 3 aromatic carbocycles. The summed E-state index contributed by atoms with van der Waals surface area (Å²) in [4.78, 5) is 44.3. The first-order valence-corrected chi connectivity index (χ1v) is 16.7. The number of ether oxygens (including phenoxy) is 2. The molecule has 0 unspecified atom stereocenters. The molecule has 0 saturated heterocycles. The number of unbranched alkanes of at least 4 members (excludes halogenated alkanes) is 11. The van der Waals surface area contributed by atoms with Crippen molar-refractivity contribution < 1.29 is 19.1 Å². The standard InChI is InChI=1S/C38H47N3O5/c1-3-4-5-6-7-8-9-10-11-12-13-19-26-46-38(44)29-24-25-34(45-2)33(27-29)40-36(42)28-35-39-32-23-18-17-22-31(32)37(43)41(35)30-20-15-14-16-21-30/h14-18,20-25,27H,3-13,19,26,28H2,1-2H3,(H,40,42). The van der Waals surface area contributed by atoms with E-state index in [1.807, 2.05) is 18.2 Å². The molecule has 4 rings (SSSR count). The van der Waals surface area contributed by atoms with Crippen LogP contribution in [-0.2, 0) is 16.0 Å². The number of hydrogen-bond donors (Lipinski definition) is 1. The fourth-order valence-electron chi connectivity index (χ4n) is 5.60. The summed E-state index contributed by atoms with van der Waals surface area (Å²) in [5.41, 5.74) is 1.53. The van der Waals surface area contributed by atoms with Crippen molar-refractivity contribution in [1.29, 1.82) is 0 Å². The molecule has 0 saturated carbocycles. The number of nitrogens with zero attached hydrogens (tertiary/aromatic N) is 2. The first-order valence-electron chi connectivity index (χ1n) is 16.7. The monoisotopic (exact) mass is 625 g/mol. The number of anilines is 1. The number of aromatic nitrogens is 2. The number of hydrogen-bond acceptors (Lipinski definition) is 6. The van der Waals surface area contributed by atoms with E-state index in [2.05, 4.69) is 17.2 Å². The Morgan fingerprint density at radius 3 is 2.09 bits per heavy atom. The van der Waals surface area contributed by atoms with Crippen LogP contribution in [0.25, 0.3) is 16.6 Å². The van der Waals surface area contributed by atoms with Gasteiger partial charge in [0, 0.05) is 0 Å². The van der Waals surface area contributed by atoms with Gasteiger partial charge in [0.2, 0.25) is 5.91 Å². The predicted molar refractivity (Wildman–Crippen MR) is 184 cm³/mol. The number of rotatable bonds is 19. The maximum Gasteiger partial charge on any atom is 0.338 e. The number of para-hydroxylation sites is 2. The number of esters is 1. The second-order valence-corrected chi connectivity index (χ2v) is 11.7. The Morgan fingerprint density at radius 1 is 0.783 bits per heavy atom. The molecule has 0 spiro atoms. The van der Waals surface area contributed by atoms with Gasteiger partial charge in [0.25, 0.3) is 5.56 Å². The van der Waals surface area contributed by atoms with Crippen LogP contribution in [0.15, 0.2) is 77.6 Å². The van der Waals surface area contributed by atoms with Gasteiger partial charge in [-0.2, -0.15) is 0 Å². The molecule has 0 radical (unpaired) electrons. The van der Waals surface area contributed by atoms with Crippen molar-refractivity contribution >= 4 is 28.5 Å². The maximum absolute atomic E-state index is 13.5. The van der Waals surface area contributed by atoms with E-state index in [0.717, 1.165) is 19.3 Å². The van der Waals surface area contributed by atoms with Crippen molar-refractivity contribution in [3.63, 3.8) is 0 Å². The lowest BCUT2D eigenvalue weighted by Crippen LogP contribution is -2.27. The molecule has 244 valence electrons. The molecule has 1 N–H and O–H groups in total. The van der Waals surface area contributed by atoms with Crippen molar-refractivity contribution in [2.45, 2.75) is 90.4 Å². The zero-order valence-electron chi connectivity index (χ0n) is 27.3. The number of nitrogens with one attached hydrogen (secondary N) is 1. The third-order valence-electron chi connectivity index (χ3n) is 8.12. The van der Waals surface area contributed by atoms with Crippen molar-refractivity contribution in [3.05, 3.63) is 94.5 Å². The molecule has 0 atom stereocenters. The van der Waals surface area contributed by atoms with Crippen molar-refractivity contribution in [2.75, 3.05) is 19.0 Å². The summed E-state index contributed by atoms with van der Waals surface area (Å²) < 4.78 is 12.4. The zero-order valence-corrected chi connectivity index (χ0v) is 27.3. The average molecular weight is 626 g/mol. The van der Waals surface area contributed by atoms with E-state index in [1.165, 1.54) is 69.5 Å². The lowest BCUT2D eigenvalue weighted by atomic mass is 10.1. The Kier molecular flexibility index (Phi) is 13.8. The van der Waals surface area contributed by atoms with Gasteiger partial charge < -0.3 is 14.8 Å². The third-order valence-corrected chi connectivity index (χ3v) is 8.12. The molecule has 1 heterocycles. The number of methoxy groups -OCH3 is 1. The Labute approximate surface area is 272 Å². The molecule has 1 amide bonds. The first kappa shape index (κ1) is 34.4. The normalized spacial score (nSPS) is 11.0. The molecule has 4 aromatic rings. The van der Waals surface area contributed by atoms with Gasteiger partial charge in [-0.15, -0.1) is 0 Å². The van der Waals surface area contributed by atoms with Gasteiger partial charge in [0.05, 0.1) is 48.0 Å². The fraction of sp³-hybridized carbons (Fsp3) is 0.421. The summed E-state index contributed by atoms with van der Waals surface area (Å²) >= 11 is 0. The van der Waals surface area contributed by atoms with Crippen LogP contribution in [0.2, 0.25) is 0 Å². The van der Waals surface area contributed by atoms with Gasteiger partial charge in [-0.25, -0.2) is 9.78 Å². The van der Waals surface area contributed by atoms with Crippen LogP contribution in [0.5, 0.6) is 5.75 Å². The number of fused-ring (bicyclic) bond motifs is 1. The van der Waals surface area contributed by atoms with Crippen molar-refractivity contribution in [3.8, 4) is 11.4 Å². The second-order valence-electron chi connectivity index (χ2n) is 11.7. The average Bonchev–Trinajstić information content (AvgIpc) is 3.07. The molecule has 8 nitrogen and oxygen atoms in total. The molecule has 8 heteroatoms. The summed E-state index contributed by atoms with van der Waals surface area (Å²) in [6.07, 6.45) is 14.7. The van der Waals surface area contributed by atoms with E-state index < -0.39 is 11.9 Å². The van der Waals surface area contributed by atoms with Crippen LogP contribution >= 0.6 is 0 Å². The SMILES string of the molecule is CCCCCCCCCCCCCCOC(=O)c1ccc(OC)c(NC(=O)Cc2nc3ccccc3c(=O)n2-c2ccccc2)c1. The number of carbonyl (C=O) groups is 2. The summed E-state index contributed by atoms with van der Waals surface area (Å²) in [7, 11) is 1.49. The molecule has 0 bridgehead atoms. The Hall–Kier alpha value is -4.46. The van der Waals surface area contributed by atoms with Gasteiger partial charge >= 0.3 is 5.97 Å². The lowest BCUT2D eigenvalue weighted by molar-refractivity contribution is -0.115. The van der Waals surface area contributed by atoms with E-state index in [1.54, 1.807) is 54.6 Å². The summed E-state index contributed by atoms with van der Waals surface area (Å²) in [6, 6.07) is 21.0. The van der Waals surface area contributed by atoms with Crippen LogP contribution in [0.3, 0.4) is 0 Å². The fourth-order valence-corrected chi connectivity index (χ4v) is 5.60. The van der Waals surface area contributed by atoms with E-state index in [-0.39, 0.29) is 12.0 Å². The minimum Gasteiger partial charge on any atom is -0.495 e. The highest BCUT2D eigenvalue weighted by molar-refractivity contribution is 5.97. The summed E-state index contributed by atoms with van der Waals surface area (Å²) in [6.45, 7) is 2.60. The second kappa shape index (κ2) is 18.5. The molecule has 0 aliphatic carbocycles. The molecule has 46 heavy (non-hydrogen) atoms. The van der Waals surface area contributed by atoms with Gasteiger partial charge in [0.1, 0.15) is 11.6 Å². The van der Waals surface area contributed by atoms with Crippen molar-refractivity contribution in [2.24, 2.45) is 0 Å². The van der Waals surface area contributed by atoms with Gasteiger partial charge in [-0.05, 0) is 48.9 Å². The van der Waals surface area contributed by atoms with Crippen LogP contribution in [0.4, 0.5) is 5.69 Å². The first-order chi connectivity index (χ1) is 22.5. The predicted octanol–water partition coefficient (Wildman–Crippen LogP) is 8.43. The number of amides is 1. The minimum absolute atomic E-state index is 0.175. The van der Waals surface area contributed by atoms with E-state index in [9.17, 15) is 14.4 Å². The highest BCUT2D eigenvalue weighted by Gasteiger charge is 2.18. The van der Waals surface area contributed by atoms with Gasteiger partial charge in [-0.1, -0.05) is 108 Å². The molecule has 0 fully saturated rings. The highest BCUT2D eigenvalue weighted by atomic mass is 16.5. The van der Waals surface area contributed by atoms with E-state index in [0.29, 0.717) is 46.0 Å². The summed E-state index contributed by atoms with van der Waals surface area (Å²) in [5.74, 6) is -0.162. The molecule has 0 aliphatic heterocycles. The van der Waals surface area contributed by atoms with Crippen LogP contribution in [0.1, 0.15) is 100 Å².